The van der Waals surface area contributed by atoms with Crippen LogP contribution in [0.2, 0.25) is 4.34 Å². The van der Waals surface area contributed by atoms with Gasteiger partial charge in [-0.15, -0.1) is 11.3 Å². The maximum Gasteiger partial charge on any atom is 0.276 e. The fraction of sp³-hybridized carbons (Fsp3) is 0.133. The van der Waals surface area contributed by atoms with E-state index < -0.39 is 4.92 Å². The summed E-state index contributed by atoms with van der Waals surface area (Å²) in [6, 6.07) is 9.92. The zero-order chi connectivity index (χ0) is 16.1. The lowest BCUT2D eigenvalue weighted by Gasteiger charge is -2.13. The molecule has 0 aliphatic carbocycles. The van der Waals surface area contributed by atoms with Gasteiger partial charge in [-0.05, 0) is 24.3 Å². The van der Waals surface area contributed by atoms with Crippen LogP contribution in [0.1, 0.15) is 10.4 Å². The van der Waals surface area contributed by atoms with Crippen LogP contribution >= 0.6 is 22.9 Å². The van der Waals surface area contributed by atoms with Gasteiger partial charge in [-0.2, -0.15) is 0 Å². The lowest BCUT2D eigenvalue weighted by Crippen LogP contribution is -2.23. The number of thiophene rings is 1. The topological polar surface area (TPSA) is 63.5 Å². The molecule has 0 saturated heterocycles. The summed E-state index contributed by atoms with van der Waals surface area (Å²) in [6.07, 6.45) is 2.79. The van der Waals surface area contributed by atoms with E-state index in [0.29, 0.717) is 16.4 Å². The first-order valence-electron chi connectivity index (χ1n) is 6.38. The average Bonchev–Trinajstić information content (AvgIpc) is 2.90. The van der Waals surface area contributed by atoms with Gasteiger partial charge in [0.05, 0.1) is 21.4 Å². The van der Waals surface area contributed by atoms with Crippen molar-refractivity contribution in [2.75, 3.05) is 7.05 Å². The van der Waals surface area contributed by atoms with Crippen LogP contribution in [-0.2, 0) is 11.3 Å². The fourth-order valence-corrected chi connectivity index (χ4v) is 2.97. The molecule has 0 saturated carbocycles. The number of para-hydroxylation sites is 1. The highest BCUT2D eigenvalue weighted by atomic mass is 35.5. The Balaban J connectivity index is 2.06. The quantitative estimate of drug-likeness (QED) is 0.471. The zero-order valence-electron chi connectivity index (χ0n) is 11.7. The molecule has 7 heteroatoms. The molecule has 0 atom stereocenters. The van der Waals surface area contributed by atoms with Gasteiger partial charge < -0.3 is 4.90 Å². The Morgan fingerprint density at radius 3 is 2.73 bits per heavy atom. The summed E-state index contributed by atoms with van der Waals surface area (Å²) in [5.41, 5.74) is 0.368. The molecule has 2 aromatic rings. The number of nitro benzene ring substituents is 1. The Labute approximate surface area is 136 Å². The number of halogens is 1. The number of nitrogens with zero attached hydrogens (tertiary/aromatic N) is 2. The van der Waals surface area contributed by atoms with Crippen molar-refractivity contribution in [2.24, 2.45) is 0 Å². The number of hydrogen-bond acceptors (Lipinski definition) is 4. The van der Waals surface area contributed by atoms with Crippen molar-refractivity contribution in [3.05, 3.63) is 67.4 Å². The molecule has 0 unspecified atom stereocenters. The van der Waals surface area contributed by atoms with Crippen LogP contribution in [-0.4, -0.2) is 22.8 Å². The fourth-order valence-electron chi connectivity index (χ4n) is 1.83. The monoisotopic (exact) mass is 336 g/mol. The second kappa shape index (κ2) is 7.20. The average molecular weight is 337 g/mol. The first kappa shape index (κ1) is 16.2. The molecule has 1 aromatic carbocycles. The van der Waals surface area contributed by atoms with Crippen molar-refractivity contribution in [1.29, 1.82) is 0 Å². The highest BCUT2D eigenvalue weighted by molar-refractivity contribution is 7.16. The third-order valence-electron chi connectivity index (χ3n) is 2.94. The van der Waals surface area contributed by atoms with Gasteiger partial charge in [-0.1, -0.05) is 23.7 Å². The van der Waals surface area contributed by atoms with Crippen LogP contribution in [0, 0.1) is 10.1 Å². The van der Waals surface area contributed by atoms with Crippen LogP contribution in [0.25, 0.3) is 6.08 Å². The number of likely N-dealkylation sites (N-methyl/N-ethyl adjacent to an activating group) is 1. The maximum atomic E-state index is 12.0. The molecular weight excluding hydrogens is 324 g/mol. The number of carbonyl (C=O) groups is 1. The van der Waals surface area contributed by atoms with E-state index in [-0.39, 0.29) is 11.6 Å². The molecule has 0 fully saturated rings. The Morgan fingerprint density at radius 2 is 2.09 bits per heavy atom. The Kier molecular flexibility index (Phi) is 5.30. The SMILES string of the molecule is CN(Cc1ccc(Cl)s1)C(=O)C=Cc1ccccc1[N+](=O)[O-]. The molecule has 0 aliphatic heterocycles. The van der Waals surface area contributed by atoms with Gasteiger partial charge >= 0.3 is 0 Å². The molecular formula is C15H13ClN2O3S. The van der Waals surface area contributed by atoms with E-state index in [0.717, 1.165) is 4.88 Å². The summed E-state index contributed by atoms with van der Waals surface area (Å²) in [6.45, 7) is 0.442. The van der Waals surface area contributed by atoms with Crippen LogP contribution in [0.4, 0.5) is 5.69 Å². The number of hydrogen-bond donors (Lipinski definition) is 0. The van der Waals surface area contributed by atoms with Crippen LogP contribution in [0.3, 0.4) is 0 Å². The van der Waals surface area contributed by atoms with E-state index in [1.54, 1.807) is 31.3 Å². The standard InChI is InChI=1S/C15H13ClN2O3S/c1-17(10-12-7-8-14(16)22-12)15(19)9-6-11-4-2-3-5-13(11)18(20)21/h2-9H,10H2,1H3. The van der Waals surface area contributed by atoms with E-state index >= 15 is 0 Å². The molecule has 0 aliphatic rings. The lowest BCUT2D eigenvalue weighted by atomic mass is 10.1. The van der Waals surface area contributed by atoms with Gasteiger partial charge in [0, 0.05) is 24.1 Å². The molecule has 2 rings (SSSR count). The van der Waals surface area contributed by atoms with Crippen molar-refractivity contribution in [3.63, 3.8) is 0 Å². The smallest absolute Gasteiger partial charge is 0.276 e. The Bertz CT molecular complexity index is 727. The Hall–Kier alpha value is -2.18. The molecule has 0 bridgehead atoms. The molecule has 0 radical (unpaired) electrons. The molecule has 1 aromatic heterocycles. The minimum absolute atomic E-state index is 0.0285. The van der Waals surface area contributed by atoms with Crippen molar-refractivity contribution >= 4 is 40.6 Å². The van der Waals surface area contributed by atoms with Crippen LogP contribution in [0.5, 0.6) is 0 Å². The van der Waals surface area contributed by atoms with E-state index in [1.807, 2.05) is 6.07 Å². The molecule has 114 valence electrons. The van der Waals surface area contributed by atoms with E-state index in [2.05, 4.69) is 0 Å². The van der Waals surface area contributed by atoms with Crippen LogP contribution < -0.4 is 0 Å². The normalized spacial score (nSPS) is 10.8. The number of amides is 1. The van der Waals surface area contributed by atoms with Crippen molar-refractivity contribution in [2.45, 2.75) is 6.54 Å². The minimum Gasteiger partial charge on any atom is -0.337 e. The third kappa shape index (κ3) is 4.16. The molecule has 0 N–H and O–H groups in total. The number of benzene rings is 1. The van der Waals surface area contributed by atoms with Gasteiger partial charge in [0.2, 0.25) is 5.91 Å². The number of carbonyl (C=O) groups excluding carboxylic acids is 1. The summed E-state index contributed by atoms with van der Waals surface area (Å²) in [5, 5.41) is 10.9. The summed E-state index contributed by atoms with van der Waals surface area (Å²) in [5.74, 6) is -0.234. The highest BCUT2D eigenvalue weighted by Gasteiger charge is 2.11. The van der Waals surface area contributed by atoms with Crippen molar-refractivity contribution < 1.29 is 9.72 Å². The first-order chi connectivity index (χ1) is 10.5. The van der Waals surface area contributed by atoms with Gasteiger partial charge in [0.25, 0.3) is 5.69 Å². The second-order valence-corrected chi connectivity index (χ2v) is 6.35. The molecule has 5 nitrogen and oxygen atoms in total. The lowest BCUT2D eigenvalue weighted by molar-refractivity contribution is -0.385. The Morgan fingerprint density at radius 1 is 1.36 bits per heavy atom. The zero-order valence-corrected chi connectivity index (χ0v) is 13.3. The minimum atomic E-state index is -0.471. The van der Waals surface area contributed by atoms with E-state index in [1.165, 1.54) is 34.5 Å². The van der Waals surface area contributed by atoms with E-state index in [4.69, 9.17) is 11.6 Å². The molecule has 0 spiro atoms. The molecule has 1 heterocycles. The predicted molar refractivity (Wildman–Crippen MR) is 87.9 cm³/mol. The number of rotatable bonds is 5. The summed E-state index contributed by atoms with van der Waals surface area (Å²) in [7, 11) is 1.67. The largest absolute Gasteiger partial charge is 0.337 e. The predicted octanol–water partition coefficient (Wildman–Crippen LogP) is 3.98. The third-order valence-corrected chi connectivity index (χ3v) is 4.15. The maximum absolute atomic E-state index is 12.0. The van der Waals surface area contributed by atoms with Gasteiger partial charge in [0.15, 0.2) is 0 Å². The summed E-state index contributed by atoms with van der Waals surface area (Å²) >= 11 is 7.26. The molecule has 22 heavy (non-hydrogen) atoms. The van der Waals surface area contributed by atoms with Gasteiger partial charge in [-0.25, -0.2) is 0 Å². The summed E-state index contributed by atoms with van der Waals surface area (Å²) in [4.78, 5) is 25.0. The second-order valence-electron chi connectivity index (χ2n) is 4.55. The van der Waals surface area contributed by atoms with Crippen molar-refractivity contribution in [3.8, 4) is 0 Å². The van der Waals surface area contributed by atoms with Gasteiger partial charge in [-0.3, -0.25) is 14.9 Å². The summed E-state index contributed by atoms with van der Waals surface area (Å²) < 4.78 is 0.673. The van der Waals surface area contributed by atoms with E-state index in [9.17, 15) is 14.9 Å². The van der Waals surface area contributed by atoms with Gasteiger partial charge in [0.1, 0.15) is 0 Å². The van der Waals surface area contributed by atoms with Crippen molar-refractivity contribution in [1.82, 2.24) is 4.90 Å². The highest BCUT2D eigenvalue weighted by Crippen LogP contribution is 2.23. The first-order valence-corrected chi connectivity index (χ1v) is 7.57. The number of nitro groups is 1. The van der Waals surface area contributed by atoms with Crippen LogP contribution in [0.15, 0.2) is 42.5 Å². The molecule has 1 amide bonds.